The Morgan fingerprint density at radius 1 is 1.35 bits per heavy atom. The van der Waals surface area contributed by atoms with E-state index in [1.165, 1.54) is 6.07 Å². The van der Waals surface area contributed by atoms with Gasteiger partial charge in [0, 0.05) is 19.8 Å². The second-order valence-corrected chi connectivity index (χ2v) is 6.06. The number of nitrogens with one attached hydrogen (secondary N) is 1. The smallest absolute Gasteiger partial charge is 0.142 e. The molecule has 0 spiro atoms. The quantitative estimate of drug-likeness (QED) is 0.806. The van der Waals surface area contributed by atoms with Crippen molar-refractivity contribution in [1.82, 2.24) is 5.32 Å². The Balaban J connectivity index is 2.12. The van der Waals surface area contributed by atoms with E-state index in [-0.39, 0.29) is 16.3 Å². The zero-order chi connectivity index (χ0) is 14.4. The van der Waals surface area contributed by atoms with Crippen molar-refractivity contribution in [2.24, 2.45) is 5.41 Å². The van der Waals surface area contributed by atoms with Crippen LogP contribution >= 0.6 is 11.6 Å². The van der Waals surface area contributed by atoms with Crippen LogP contribution in [-0.4, -0.2) is 26.3 Å². The van der Waals surface area contributed by atoms with Crippen LogP contribution in [0.15, 0.2) is 18.2 Å². The van der Waals surface area contributed by atoms with Crippen molar-refractivity contribution < 1.29 is 9.13 Å². The molecule has 1 aliphatic rings. The first-order valence-corrected chi connectivity index (χ1v) is 7.76. The highest BCUT2D eigenvalue weighted by Gasteiger charge is 2.33. The maximum Gasteiger partial charge on any atom is 0.142 e. The highest BCUT2D eigenvalue weighted by atomic mass is 35.5. The first-order valence-electron chi connectivity index (χ1n) is 7.38. The Morgan fingerprint density at radius 3 is 2.80 bits per heavy atom. The second kappa shape index (κ2) is 7.39. The molecular formula is C16H23ClFNO. The zero-order valence-corrected chi connectivity index (χ0v) is 12.8. The van der Waals surface area contributed by atoms with E-state index in [1.54, 1.807) is 6.07 Å². The summed E-state index contributed by atoms with van der Waals surface area (Å²) in [7, 11) is 0. The van der Waals surface area contributed by atoms with Crippen LogP contribution < -0.4 is 5.32 Å². The monoisotopic (exact) mass is 299 g/mol. The zero-order valence-electron chi connectivity index (χ0n) is 12.1. The molecule has 0 aromatic heterocycles. The summed E-state index contributed by atoms with van der Waals surface area (Å²) in [4.78, 5) is 0. The number of hydrogen-bond acceptors (Lipinski definition) is 2. The number of rotatable bonds is 6. The van der Waals surface area contributed by atoms with Crippen molar-refractivity contribution in [1.29, 1.82) is 0 Å². The molecule has 0 unspecified atom stereocenters. The fourth-order valence-corrected chi connectivity index (χ4v) is 3.03. The average molecular weight is 300 g/mol. The molecule has 1 aromatic rings. The number of hydrogen-bond donors (Lipinski definition) is 1. The topological polar surface area (TPSA) is 21.3 Å². The molecule has 0 aliphatic carbocycles. The van der Waals surface area contributed by atoms with Crippen molar-refractivity contribution in [2.45, 2.75) is 32.6 Å². The summed E-state index contributed by atoms with van der Waals surface area (Å²) in [6, 6.07) is 5.09. The molecule has 112 valence electrons. The van der Waals surface area contributed by atoms with Crippen LogP contribution in [0.25, 0.3) is 0 Å². The van der Waals surface area contributed by atoms with Gasteiger partial charge in [-0.25, -0.2) is 4.39 Å². The van der Waals surface area contributed by atoms with Crippen molar-refractivity contribution in [3.05, 3.63) is 34.6 Å². The van der Waals surface area contributed by atoms with Gasteiger partial charge < -0.3 is 10.1 Å². The number of benzene rings is 1. The van der Waals surface area contributed by atoms with E-state index in [4.69, 9.17) is 16.3 Å². The summed E-state index contributed by atoms with van der Waals surface area (Å²) in [5.41, 5.74) is 1.04. The van der Waals surface area contributed by atoms with E-state index in [0.29, 0.717) is 0 Å². The van der Waals surface area contributed by atoms with Gasteiger partial charge in [0.15, 0.2) is 0 Å². The molecular weight excluding hydrogens is 277 g/mol. The summed E-state index contributed by atoms with van der Waals surface area (Å²) in [5.74, 6) is -0.326. The van der Waals surface area contributed by atoms with Crippen LogP contribution in [0, 0.1) is 11.2 Å². The number of halogens is 2. The van der Waals surface area contributed by atoms with Crippen LogP contribution in [0.1, 0.15) is 31.7 Å². The van der Waals surface area contributed by atoms with Gasteiger partial charge in [0.1, 0.15) is 5.82 Å². The predicted molar refractivity (Wildman–Crippen MR) is 80.8 cm³/mol. The van der Waals surface area contributed by atoms with Crippen LogP contribution in [-0.2, 0) is 11.2 Å². The van der Waals surface area contributed by atoms with Crippen LogP contribution in [0.5, 0.6) is 0 Å². The third-order valence-corrected chi connectivity index (χ3v) is 4.50. The number of ether oxygens (including phenoxy) is 1. The van der Waals surface area contributed by atoms with E-state index in [2.05, 4.69) is 12.2 Å². The highest BCUT2D eigenvalue weighted by molar-refractivity contribution is 6.31. The lowest BCUT2D eigenvalue weighted by Gasteiger charge is -2.38. The van der Waals surface area contributed by atoms with E-state index >= 15 is 0 Å². The highest BCUT2D eigenvalue weighted by Crippen LogP contribution is 2.36. The van der Waals surface area contributed by atoms with Gasteiger partial charge in [-0.3, -0.25) is 0 Å². The maximum atomic E-state index is 13.6. The van der Waals surface area contributed by atoms with E-state index in [0.717, 1.165) is 57.6 Å². The van der Waals surface area contributed by atoms with Crippen LogP contribution in [0.2, 0.25) is 5.02 Å². The molecule has 4 heteroatoms. The Hall–Kier alpha value is -0.640. The third kappa shape index (κ3) is 3.94. The van der Waals surface area contributed by atoms with Crippen molar-refractivity contribution in [3.63, 3.8) is 0 Å². The molecule has 20 heavy (non-hydrogen) atoms. The van der Waals surface area contributed by atoms with Gasteiger partial charge in [0.25, 0.3) is 0 Å². The minimum absolute atomic E-state index is 0.130. The Bertz CT molecular complexity index is 432. The molecule has 2 nitrogen and oxygen atoms in total. The minimum atomic E-state index is -0.326. The van der Waals surface area contributed by atoms with Crippen molar-refractivity contribution in [2.75, 3.05) is 26.3 Å². The lowest BCUT2D eigenvalue weighted by molar-refractivity contribution is 0.0150. The van der Waals surface area contributed by atoms with E-state index in [9.17, 15) is 4.39 Å². The van der Waals surface area contributed by atoms with Crippen LogP contribution in [0.3, 0.4) is 0 Å². The fourth-order valence-electron chi connectivity index (χ4n) is 2.84. The average Bonchev–Trinajstić information content (AvgIpc) is 2.45. The molecule has 1 heterocycles. The van der Waals surface area contributed by atoms with Gasteiger partial charge in [-0.05, 0) is 49.3 Å². The van der Waals surface area contributed by atoms with E-state index in [1.807, 2.05) is 6.07 Å². The van der Waals surface area contributed by atoms with E-state index < -0.39 is 0 Å². The molecule has 0 bridgehead atoms. The SMILES string of the molecule is CCCNCC1(Cc2cccc(F)c2Cl)CCOCC1. The van der Waals surface area contributed by atoms with Gasteiger partial charge in [-0.2, -0.15) is 0 Å². The summed E-state index contributed by atoms with van der Waals surface area (Å²) < 4.78 is 19.1. The summed E-state index contributed by atoms with van der Waals surface area (Å²) in [6.45, 7) is 5.67. The summed E-state index contributed by atoms with van der Waals surface area (Å²) in [6.07, 6.45) is 3.92. The molecule has 1 N–H and O–H groups in total. The van der Waals surface area contributed by atoms with Gasteiger partial charge in [0.05, 0.1) is 5.02 Å². The van der Waals surface area contributed by atoms with Gasteiger partial charge >= 0.3 is 0 Å². The van der Waals surface area contributed by atoms with Gasteiger partial charge in [-0.15, -0.1) is 0 Å². The minimum Gasteiger partial charge on any atom is -0.381 e. The summed E-state index contributed by atoms with van der Waals surface area (Å²) >= 11 is 6.11. The standard InChI is InChI=1S/C16H23ClFNO/c1-2-8-19-12-16(6-9-20-10-7-16)11-13-4-3-5-14(18)15(13)17/h3-5,19H,2,6-12H2,1H3. The predicted octanol–water partition coefficient (Wildman–Crippen LogP) is 3.82. The normalized spacial score (nSPS) is 18.1. The lowest BCUT2D eigenvalue weighted by Crippen LogP contribution is -2.41. The molecule has 0 atom stereocenters. The van der Waals surface area contributed by atoms with Crippen molar-refractivity contribution in [3.8, 4) is 0 Å². The second-order valence-electron chi connectivity index (χ2n) is 5.68. The molecule has 0 amide bonds. The summed E-state index contributed by atoms with van der Waals surface area (Å²) in [5, 5.41) is 3.78. The third-order valence-electron chi connectivity index (χ3n) is 4.08. The van der Waals surface area contributed by atoms with Crippen LogP contribution in [0.4, 0.5) is 4.39 Å². The Labute approximate surface area is 125 Å². The first-order chi connectivity index (χ1) is 9.67. The molecule has 1 aromatic carbocycles. The lowest BCUT2D eigenvalue weighted by atomic mass is 9.75. The maximum absolute atomic E-state index is 13.6. The Kier molecular flexibility index (Phi) is 5.82. The molecule has 1 fully saturated rings. The molecule has 1 aliphatic heterocycles. The Morgan fingerprint density at radius 2 is 2.10 bits per heavy atom. The molecule has 2 rings (SSSR count). The largest absolute Gasteiger partial charge is 0.381 e. The first kappa shape index (κ1) is 15.7. The van der Waals surface area contributed by atoms with Crippen molar-refractivity contribution >= 4 is 11.6 Å². The molecule has 1 saturated heterocycles. The van der Waals surface area contributed by atoms with Gasteiger partial charge in [0.2, 0.25) is 0 Å². The van der Waals surface area contributed by atoms with Gasteiger partial charge in [-0.1, -0.05) is 30.7 Å². The fraction of sp³-hybridized carbons (Fsp3) is 0.625. The molecule has 0 saturated carbocycles. The molecule has 0 radical (unpaired) electrons.